The second-order valence-electron chi connectivity index (χ2n) is 9.86. The minimum absolute atomic E-state index is 0.0787. The normalized spacial score (nSPS) is 20.9. The first-order valence-corrected chi connectivity index (χ1v) is 16.8. The van der Waals surface area contributed by atoms with Crippen LogP contribution in [0.25, 0.3) is 10.8 Å². The number of hydrogen-bond donors (Lipinski definition) is 0. The van der Waals surface area contributed by atoms with Gasteiger partial charge in [0.15, 0.2) is 0 Å². The largest absolute Gasteiger partial charge is 0.296 e. The Morgan fingerprint density at radius 3 is 1.88 bits per heavy atom. The highest BCUT2D eigenvalue weighted by atomic mass is 31.2. The zero-order valence-electron chi connectivity index (χ0n) is 19.4. The fraction of sp³-hybridized carbons (Fsp3) is 0.172. The summed E-state index contributed by atoms with van der Waals surface area (Å²) in [5.74, 6) is 0. The molecule has 1 unspecified atom stereocenters. The highest BCUT2D eigenvalue weighted by molar-refractivity contribution is 7.76. The van der Waals surface area contributed by atoms with Gasteiger partial charge in [-0.2, -0.15) is 0 Å². The van der Waals surface area contributed by atoms with Crippen molar-refractivity contribution in [3.63, 3.8) is 0 Å². The summed E-state index contributed by atoms with van der Waals surface area (Å²) in [5, 5.41) is 4.26. The van der Waals surface area contributed by atoms with E-state index in [1.54, 1.807) is 0 Å². The van der Waals surface area contributed by atoms with E-state index < -0.39 is 15.4 Å². The Kier molecular flexibility index (Phi) is 5.74. The van der Waals surface area contributed by atoms with Gasteiger partial charge in [0.2, 0.25) is 7.29 Å². The van der Waals surface area contributed by atoms with Gasteiger partial charge in [0.1, 0.15) is 0 Å². The van der Waals surface area contributed by atoms with Crippen LogP contribution in [0, 0.1) is 0 Å². The lowest BCUT2D eigenvalue weighted by Gasteiger charge is -2.22. The van der Waals surface area contributed by atoms with Gasteiger partial charge in [0.05, 0.1) is 20.2 Å². The van der Waals surface area contributed by atoms with Crippen molar-refractivity contribution >= 4 is 36.7 Å². The maximum absolute atomic E-state index is 15.1. The van der Waals surface area contributed by atoms with E-state index in [9.17, 15) is 0 Å². The van der Waals surface area contributed by atoms with Gasteiger partial charge in [0.25, 0.3) is 0 Å². The predicted octanol–water partition coefficient (Wildman–Crippen LogP) is 6.93. The smallest absolute Gasteiger partial charge is 0.208 e. The molecule has 166 valence electrons. The van der Waals surface area contributed by atoms with Gasteiger partial charge in [-0.1, -0.05) is 110 Å². The minimum atomic E-state index is -3.03. The lowest BCUT2D eigenvalue weighted by molar-refractivity contribution is 0.557. The first-order valence-electron chi connectivity index (χ1n) is 11.6. The molecule has 1 heterocycles. The fourth-order valence-electron chi connectivity index (χ4n) is 4.69. The van der Waals surface area contributed by atoms with Gasteiger partial charge in [-0.3, -0.25) is 4.57 Å². The zero-order chi connectivity index (χ0) is 23.1. The van der Waals surface area contributed by atoms with Crippen LogP contribution in [0.1, 0.15) is 11.6 Å². The summed E-state index contributed by atoms with van der Waals surface area (Å²) >= 11 is 0. The molecule has 0 aliphatic carbocycles. The molecule has 0 spiro atoms. The minimum Gasteiger partial charge on any atom is -0.296 e. The van der Waals surface area contributed by atoms with Crippen LogP contribution in [0.3, 0.4) is 0 Å². The number of rotatable bonds is 6. The maximum atomic E-state index is 15.1. The maximum Gasteiger partial charge on any atom is 0.208 e. The molecule has 1 fully saturated rings. The molecule has 2 nitrogen and oxygen atoms in total. The van der Waals surface area contributed by atoms with Crippen LogP contribution in [0.5, 0.6) is 0 Å². The van der Waals surface area contributed by atoms with Gasteiger partial charge in [-0.15, -0.1) is 0 Å². The summed E-state index contributed by atoms with van der Waals surface area (Å²) in [4.78, 5) is 0. The fourth-order valence-corrected chi connectivity index (χ4v) is 8.58. The van der Waals surface area contributed by atoms with Crippen LogP contribution in [0.4, 0.5) is 0 Å². The molecule has 1 aliphatic rings. The number of fused-ring (bicyclic) bond motifs is 1. The van der Waals surface area contributed by atoms with Crippen LogP contribution in [-0.2, 0) is 4.57 Å². The molecular formula is C29H30NOPSi. The Labute approximate surface area is 198 Å². The Morgan fingerprint density at radius 1 is 0.727 bits per heavy atom. The quantitative estimate of drug-likeness (QED) is 0.174. The van der Waals surface area contributed by atoms with Crippen molar-refractivity contribution in [1.82, 2.24) is 4.67 Å². The zero-order valence-corrected chi connectivity index (χ0v) is 21.3. The van der Waals surface area contributed by atoms with Crippen molar-refractivity contribution in [3.8, 4) is 0 Å². The van der Waals surface area contributed by atoms with Crippen LogP contribution in [0.15, 0.2) is 115 Å². The Hall–Kier alpha value is -2.71. The molecule has 0 amide bonds. The standard InChI is InChI=1S/C29H30NOPSi/c1-33(2,3)22-21-28-29(27-20-12-14-23-13-10-11-19-26(23)27)30(28)32(31,24-15-6-4-7-16-24)25-17-8-5-9-18-25/h4-22,28-29H,1-3H3/b22-21+/t28-,29-,30?/m0/s1. The Morgan fingerprint density at radius 2 is 1.27 bits per heavy atom. The third-order valence-electron chi connectivity index (χ3n) is 6.30. The van der Waals surface area contributed by atoms with E-state index in [2.05, 4.69) is 78.6 Å². The summed E-state index contributed by atoms with van der Waals surface area (Å²) < 4.78 is 17.4. The van der Waals surface area contributed by atoms with Crippen LogP contribution in [0.2, 0.25) is 19.6 Å². The van der Waals surface area contributed by atoms with Crippen molar-refractivity contribution in [3.05, 3.63) is 120 Å². The molecule has 33 heavy (non-hydrogen) atoms. The molecule has 5 rings (SSSR count). The third-order valence-corrected chi connectivity index (χ3v) is 10.7. The van der Waals surface area contributed by atoms with E-state index >= 15 is 4.57 Å². The van der Waals surface area contributed by atoms with E-state index in [1.165, 1.54) is 16.3 Å². The predicted molar refractivity (Wildman–Crippen MR) is 145 cm³/mol. The second kappa shape index (κ2) is 8.57. The van der Waals surface area contributed by atoms with Gasteiger partial charge in [0, 0.05) is 10.6 Å². The highest BCUT2D eigenvalue weighted by Crippen LogP contribution is 2.65. The summed E-state index contributed by atoms with van der Waals surface area (Å²) in [6.45, 7) is 7.03. The monoisotopic (exact) mass is 467 g/mol. The Balaban J connectivity index is 1.70. The molecular weight excluding hydrogens is 437 g/mol. The number of hydrogen-bond acceptors (Lipinski definition) is 1. The highest BCUT2D eigenvalue weighted by Gasteiger charge is 2.57. The van der Waals surface area contributed by atoms with Gasteiger partial charge >= 0.3 is 0 Å². The lowest BCUT2D eigenvalue weighted by atomic mass is 10.0. The molecule has 4 aromatic rings. The second-order valence-corrected chi connectivity index (χ2v) is 17.6. The van der Waals surface area contributed by atoms with Crippen molar-refractivity contribution in [2.75, 3.05) is 0 Å². The van der Waals surface area contributed by atoms with E-state index in [-0.39, 0.29) is 12.1 Å². The van der Waals surface area contributed by atoms with E-state index in [1.807, 2.05) is 60.7 Å². The summed E-state index contributed by atoms with van der Waals surface area (Å²) in [6.07, 6.45) is 2.33. The first-order chi connectivity index (χ1) is 15.9. The molecule has 0 radical (unpaired) electrons. The summed E-state index contributed by atoms with van der Waals surface area (Å²) in [6, 6.07) is 35.2. The van der Waals surface area contributed by atoms with Crippen molar-refractivity contribution in [2.24, 2.45) is 0 Å². The lowest BCUT2D eigenvalue weighted by Crippen LogP contribution is -2.22. The van der Waals surface area contributed by atoms with Crippen molar-refractivity contribution < 1.29 is 4.57 Å². The number of nitrogens with zero attached hydrogens (tertiary/aromatic N) is 1. The van der Waals surface area contributed by atoms with E-state index in [0.29, 0.717) is 0 Å². The average Bonchev–Trinajstić information content (AvgIpc) is 3.57. The molecule has 0 bridgehead atoms. The number of benzene rings is 4. The summed E-state index contributed by atoms with van der Waals surface area (Å²) in [5.41, 5.74) is 3.65. The van der Waals surface area contributed by atoms with Gasteiger partial charge < -0.3 is 0 Å². The van der Waals surface area contributed by atoms with E-state index in [0.717, 1.165) is 10.6 Å². The first kappa shape index (κ1) is 22.1. The molecule has 3 atom stereocenters. The van der Waals surface area contributed by atoms with Crippen molar-refractivity contribution in [1.29, 1.82) is 0 Å². The van der Waals surface area contributed by atoms with Crippen LogP contribution < -0.4 is 10.6 Å². The summed E-state index contributed by atoms with van der Waals surface area (Å²) in [7, 11) is -4.43. The van der Waals surface area contributed by atoms with Gasteiger partial charge in [-0.25, -0.2) is 4.67 Å². The third kappa shape index (κ3) is 4.17. The van der Waals surface area contributed by atoms with Gasteiger partial charge in [-0.05, 0) is 40.6 Å². The van der Waals surface area contributed by atoms with Crippen molar-refractivity contribution in [2.45, 2.75) is 31.7 Å². The van der Waals surface area contributed by atoms with Crippen LogP contribution in [-0.4, -0.2) is 18.8 Å². The Bertz CT molecular complexity index is 1300. The average molecular weight is 468 g/mol. The SMILES string of the molecule is C[Si](C)(C)/C=C/[C@H]1[C@H](c2cccc3ccccc23)N1P(=O)(c1ccccc1)c1ccccc1. The molecule has 0 N–H and O–H groups in total. The molecule has 0 aromatic heterocycles. The molecule has 1 aliphatic heterocycles. The van der Waals surface area contributed by atoms with Crippen LogP contribution >= 0.6 is 7.29 Å². The topological polar surface area (TPSA) is 20.1 Å². The molecule has 4 heteroatoms. The van der Waals surface area contributed by atoms with E-state index in [4.69, 9.17) is 0 Å². The molecule has 0 saturated carbocycles. The molecule has 4 aromatic carbocycles. The molecule has 1 saturated heterocycles.